The van der Waals surface area contributed by atoms with Gasteiger partial charge in [-0.15, -0.1) is 0 Å². The summed E-state index contributed by atoms with van der Waals surface area (Å²) in [5.74, 6) is 3.38. The van der Waals surface area contributed by atoms with Crippen molar-refractivity contribution in [2.75, 3.05) is 26.3 Å². The molecule has 188 valence electrons. The number of nitrogens with one attached hydrogen (secondary N) is 1. The van der Waals surface area contributed by atoms with Crippen molar-refractivity contribution in [3.05, 3.63) is 29.5 Å². The molecule has 3 aliphatic heterocycles. The number of aliphatic hydroxyl groups excluding tert-OH is 5. The molecular weight excluding hydrogens is 436 g/mol. The third kappa shape index (κ3) is 3.94. The molecule has 1 aromatic carbocycles. The Hall–Kier alpha value is -1.68. The number of ether oxygens (including phenoxy) is 1. The van der Waals surface area contributed by atoms with Crippen LogP contribution < -0.4 is 4.74 Å². The second-order valence-electron chi connectivity index (χ2n) is 10.6. The maximum absolute atomic E-state index is 10.2. The Morgan fingerprint density at radius 2 is 1.91 bits per heavy atom. The van der Waals surface area contributed by atoms with E-state index < -0.39 is 31.0 Å². The van der Waals surface area contributed by atoms with E-state index in [0.717, 1.165) is 41.6 Å². The van der Waals surface area contributed by atoms with Crippen molar-refractivity contribution in [1.29, 1.82) is 0 Å². The summed E-state index contributed by atoms with van der Waals surface area (Å²) in [6.07, 6.45) is -2.77. The lowest BCUT2D eigenvalue weighted by atomic mass is 9.60. The van der Waals surface area contributed by atoms with Gasteiger partial charge in [0.15, 0.2) is 0 Å². The minimum Gasteiger partial charge on any atom is -0.491 e. The number of fused-ring (bicyclic) bond motifs is 4. The van der Waals surface area contributed by atoms with Gasteiger partial charge in [-0.05, 0) is 54.4 Å². The molecule has 1 aromatic heterocycles. The molecule has 10 atom stereocenters. The molecule has 8 nitrogen and oxygen atoms in total. The van der Waals surface area contributed by atoms with Crippen LogP contribution in [0.3, 0.4) is 0 Å². The summed E-state index contributed by atoms with van der Waals surface area (Å²) in [5, 5.41) is 49.6. The zero-order chi connectivity index (χ0) is 24.1. The fraction of sp³-hybridized carbons (Fsp3) is 0.692. The Balaban J connectivity index is 1.36. The zero-order valence-electron chi connectivity index (χ0n) is 20.0. The standard InChI is InChI=1S/C26H38N2O6/c1-3-16-13(2)14-8-19-23-17(6-7-28(10-14)24(16)19)18-9-15(4-5-20(18)27-23)34-12-22(31)26(33)25(32)21(30)11-29/h4-5,9,13-14,16,19,21-22,24-27,29-33H,3,6-8,10-12H2,1-2H3/t13-,14?,16-,19-,21+,22-,24?,25+,26+/m0/s1. The lowest BCUT2D eigenvalue weighted by molar-refractivity contribution is -0.121. The number of aromatic amines is 1. The van der Waals surface area contributed by atoms with Gasteiger partial charge in [0.1, 0.15) is 36.8 Å². The SMILES string of the molecule is CC[C@@H]1C2[C@H]3CC(CN2CCc2c3[nH]c3ccc(OC[C@H](O)[C@@H](O)[C@H](O)[C@H](O)CO)cc23)[C@@H]1C. The van der Waals surface area contributed by atoms with Crippen molar-refractivity contribution in [2.45, 2.75) is 69.5 Å². The predicted molar refractivity (Wildman–Crippen MR) is 128 cm³/mol. The highest BCUT2D eigenvalue weighted by molar-refractivity contribution is 5.86. The minimum atomic E-state index is -1.66. The van der Waals surface area contributed by atoms with E-state index in [0.29, 0.717) is 17.7 Å². The molecule has 2 aromatic rings. The molecule has 6 N–H and O–H groups in total. The number of piperidine rings is 2. The number of nitrogens with zero attached hydrogens (tertiary/aromatic N) is 1. The summed E-state index contributed by atoms with van der Waals surface area (Å²) >= 11 is 0. The predicted octanol–water partition coefficient (Wildman–Crippen LogP) is 0.989. The lowest BCUT2D eigenvalue weighted by Gasteiger charge is -2.56. The Morgan fingerprint density at radius 1 is 1.15 bits per heavy atom. The molecule has 4 bridgehead atoms. The molecule has 0 amide bonds. The van der Waals surface area contributed by atoms with Crippen LogP contribution in [0.2, 0.25) is 0 Å². The van der Waals surface area contributed by atoms with Gasteiger partial charge < -0.3 is 35.3 Å². The molecule has 2 saturated heterocycles. The first-order valence-corrected chi connectivity index (χ1v) is 12.7. The maximum atomic E-state index is 10.2. The molecular formula is C26H38N2O6. The first-order valence-electron chi connectivity index (χ1n) is 12.7. The Labute approximate surface area is 200 Å². The number of hydrogen-bond donors (Lipinski definition) is 6. The van der Waals surface area contributed by atoms with E-state index in [-0.39, 0.29) is 6.61 Å². The van der Waals surface area contributed by atoms with Crippen molar-refractivity contribution in [2.24, 2.45) is 17.8 Å². The van der Waals surface area contributed by atoms with Crippen LogP contribution in [-0.4, -0.2) is 92.2 Å². The fourth-order valence-corrected chi connectivity index (χ4v) is 6.99. The highest BCUT2D eigenvalue weighted by atomic mass is 16.5. The summed E-state index contributed by atoms with van der Waals surface area (Å²) in [6.45, 7) is 6.11. The van der Waals surface area contributed by atoms with E-state index in [1.165, 1.54) is 30.6 Å². The van der Waals surface area contributed by atoms with Crippen molar-refractivity contribution < 1.29 is 30.3 Å². The van der Waals surface area contributed by atoms with Gasteiger partial charge in [-0.3, -0.25) is 4.90 Å². The van der Waals surface area contributed by atoms with E-state index in [1.54, 1.807) is 0 Å². The molecule has 3 unspecified atom stereocenters. The van der Waals surface area contributed by atoms with Crippen LogP contribution in [0.1, 0.15) is 43.9 Å². The van der Waals surface area contributed by atoms with Crippen LogP contribution in [0, 0.1) is 17.8 Å². The summed E-state index contributed by atoms with van der Waals surface area (Å²) in [6, 6.07) is 6.44. The smallest absolute Gasteiger partial charge is 0.120 e. The topological polar surface area (TPSA) is 129 Å². The second-order valence-corrected chi connectivity index (χ2v) is 10.6. The summed E-state index contributed by atoms with van der Waals surface area (Å²) in [7, 11) is 0. The van der Waals surface area contributed by atoms with Crippen LogP contribution in [0.4, 0.5) is 0 Å². The number of aliphatic hydroxyl groups is 5. The molecule has 3 fully saturated rings. The molecule has 1 saturated carbocycles. The van der Waals surface area contributed by atoms with Gasteiger partial charge in [0, 0.05) is 41.6 Å². The van der Waals surface area contributed by atoms with E-state index >= 15 is 0 Å². The molecule has 8 heteroatoms. The van der Waals surface area contributed by atoms with Gasteiger partial charge in [-0.1, -0.05) is 20.3 Å². The van der Waals surface area contributed by atoms with Crippen molar-refractivity contribution >= 4 is 10.9 Å². The third-order valence-electron chi connectivity index (χ3n) is 8.87. The molecule has 4 aliphatic rings. The van der Waals surface area contributed by atoms with Crippen molar-refractivity contribution in [1.82, 2.24) is 9.88 Å². The summed E-state index contributed by atoms with van der Waals surface area (Å²) < 4.78 is 5.75. The number of H-pyrrole nitrogens is 1. The highest BCUT2D eigenvalue weighted by Crippen LogP contribution is 2.53. The van der Waals surface area contributed by atoms with Crippen LogP contribution in [-0.2, 0) is 6.42 Å². The first-order chi connectivity index (χ1) is 16.3. The Morgan fingerprint density at radius 3 is 2.65 bits per heavy atom. The van der Waals surface area contributed by atoms with E-state index in [2.05, 4.69) is 23.7 Å². The molecule has 6 rings (SSSR count). The maximum Gasteiger partial charge on any atom is 0.120 e. The fourth-order valence-electron chi connectivity index (χ4n) is 6.99. The monoisotopic (exact) mass is 474 g/mol. The van der Waals surface area contributed by atoms with Gasteiger partial charge in [0.05, 0.1) is 6.61 Å². The largest absolute Gasteiger partial charge is 0.491 e. The van der Waals surface area contributed by atoms with Crippen LogP contribution in [0.15, 0.2) is 18.2 Å². The second kappa shape index (κ2) is 9.41. The van der Waals surface area contributed by atoms with Gasteiger partial charge in [-0.2, -0.15) is 0 Å². The summed E-state index contributed by atoms with van der Waals surface area (Å²) in [5.41, 5.74) is 3.84. The molecule has 1 aliphatic carbocycles. The van der Waals surface area contributed by atoms with Crippen LogP contribution in [0.25, 0.3) is 10.9 Å². The first kappa shape index (κ1) is 24.0. The number of aromatic nitrogens is 1. The molecule has 0 spiro atoms. The zero-order valence-corrected chi connectivity index (χ0v) is 20.0. The van der Waals surface area contributed by atoms with Crippen molar-refractivity contribution in [3.63, 3.8) is 0 Å². The average molecular weight is 475 g/mol. The van der Waals surface area contributed by atoms with Gasteiger partial charge in [-0.25, -0.2) is 0 Å². The third-order valence-corrected chi connectivity index (χ3v) is 8.87. The Bertz CT molecular complexity index is 1010. The van der Waals surface area contributed by atoms with Crippen molar-refractivity contribution in [3.8, 4) is 5.75 Å². The van der Waals surface area contributed by atoms with Gasteiger partial charge >= 0.3 is 0 Å². The highest BCUT2D eigenvalue weighted by Gasteiger charge is 2.52. The summed E-state index contributed by atoms with van der Waals surface area (Å²) in [4.78, 5) is 6.48. The van der Waals surface area contributed by atoms with Gasteiger partial charge in [0.25, 0.3) is 0 Å². The molecule has 0 radical (unpaired) electrons. The number of benzene rings is 1. The molecule has 34 heavy (non-hydrogen) atoms. The quantitative estimate of drug-likeness (QED) is 0.337. The lowest BCUT2D eigenvalue weighted by Crippen LogP contribution is -2.59. The Kier molecular flexibility index (Phi) is 6.65. The van der Waals surface area contributed by atoms with Gasteiger partial charge in [0.2, 0.25) is 0 Å². The minimum absolute atomic E-state index is 0.245. The average Bonchev–Trinajstić information content (AvgIpc) is 3.18. The number of hydrogen-bond acceptors (Lipinski definition) is 7. The molecule has 4 heterocycles. The number of rotatable bonds is 8. The normalized spacial score (nSPS) is 33.7. The van der Waals surface area contributed by atoms with E-state index in [9.17, 15) is 20.4 Å². The van der Waals surface area contributed by atoms with Crippen LogP contribution in [0.5, 0.6) is 5.75 Å². The van der Waals surface area contributed by atoms with Crippen LogP contribution >= 0.6 is 0 Å². The van der Waals surface area contributed by atoms with E-state index in [4.69, 9.17) is 9.84 Å². The van der Waals surface area contributed by atoms with E-state index in [1.807, 2.05) is 18.2 Å².